The molecule has 0 bridgehead atoms. The summed E-state index contributed by atoms with van der Waals surface area (Å²) in [6.45, 7) is 1.96. The number of rotatable bonds is 10. The van der Waals surface area contributed by atoms with Crippen molar-refractivity contribution < 1.29 is 18.9 Å². The summed E-state index contributed by atoms with van der Waals surface area (Å²) < 4.78 is 24.4. The molecule has 0 saturated carbocycles. The van der Waals surface area contributed by atoms with E-state index < -0.39 is 0 Å². The molecule has 1 heterocycles. The first-order valence-electron chi connectivity index (χ1n) is 10.6. The molecule has 4 nitrogen and oxygen atoms in total. The standard InChI is InChI=1S/C27H28O4/c1-4-10-22(11-5-1)18-28-21-26-27(31-20-24-14-8-3-9-15-24)25(16-17-29-26)30-19-23-12-6-2-7-13-23/h1-17,25-27H,18-21H2/t25-,26+,27+/m0/s1. The van der Waals surface area contributed by atoms with Crippen LogP contribution in [0.3, 0.4) is 0 Å². The molecule has 0 radical (unpaired) electrons. The first kappa shape index (κ1) is 21.3. The molecule has 4 rings (SSSR count). The zero-order valence-corrected chi connectivity index (χ0v) is 17.5. The minimum Gasteiger partial charge on any atom is -0.493 e. The predicted octanol–water partition coefficient (Wildman–Crippen LogP) is 5.29. The summed E-state index contributed by atoms with van der Waals surface area (Å²) in [5.41, 5.74) is 3.37. The van der Waals surface area contributed by atoms with Crippen LogP contribution in [0.25, 0.3) is 0 Å². The lowest BCUT2D eigenvalue weighted by Gasteiger charge is -2.34. The third-order valence-electron chi connectivity index (χ3n) is 5.18. The highest BCUT2D eigenvalue weighted by molar-refractivity contribution is 5.15. The highest BCUT2D eigenvalue weighted by Gasteiger charge is 2.34. The molecule has 0 aliphatic carbocycles. The summed E-state index contributed by atoms with van der Waals surface area (Å²) in [5, 5.41) is 0. The van der Waals surface area contributed by atoms with E-state index in [-0.39, 0.29) is 18.3 Å². The molecule has 3 aromatic rings. The molecule has 0 unspecified atom stereocenters. The lowest BCUT2D eigenvalue weighted by molar-refractivity contribution is -0.147. The molecule has 0 spiro atoms. The van der Waals surface area contributed by atoms with Crippen LogP contribution in [-0.4, -0.2) is 24.9 Å². The van der Waals surface area contributed by atoms with E-state index >= 15 is 0 Å². The van der Waals surface area contributed by atoms with Gasteiger partial charge >= 0.3 is 0 Å². The van der Waals surface area contributed by atoms with Crippen LogP contribution in [-0.2, 0) is 38.8 Å². The quantitative estimate of drug-likeness (QED) is 0.450. The lowest BCUT2D eigenvalue weighted by atomic mass is 10.1. The van der Waals surface area contributed by atoms with E-state index in [9.17, 15) is 0 Å². The Morgan fingerprint density at radius 3 is 1.71 bits per heavy atom. The molecule has 1 aliphatic heterocycles. The lowest BCUT2D eigenvalue weighted by Crippen LogP contribution is -2.45. The normalized spacial score (nSPS) is 20.3. The summed E-state index contributed by atoms with van der Waals surface area (Å²) in [7, 11) is 0. The fourth-order valence-corrected chi connectivity index (χ4v) is 3.51. The van der Waals surface area contributed by atoms with Gasteiger partial charge in [0.05, 0.1) is 32.7 Å². The van der Waals surface area contributed by atoms with Crippen molar-refractivity contribution >= 4 is 0 Å². The molecular formula is C27H28O4. The van der Waals surface area contributed by atoms with Gasteiger partial charge in [-0.05, 0) is 22.8 Å². The van der Waals surface area contributed by atoms with Crippen LogP contribution in [0.1, 0.15) is 16.7 Å². The van der Waals surface area contributed by atoms with Crippen molar-refractivity contribution in [3.63, 3.8) is 0 Å². The highest BCUT2D eigenvalue weighted by atomic mass is 16.6. The van der Waals surface area contributed by atoms with Crippen molar-refractivity contribution in [2.45, 2.75) is 38.1 Å². The smallest absolute Gasteiger partial charge is 0.150 e. The maximum Gasteiger partial charge on any atom is 0.150 e. The molecule has 0 fully saturated rings. The van der Waals surface area contributed by atoms with Crippen molar-refractivity contribution in [1.29, 1.82) is 0 Å². The van der Waals surface area contributed by atoms with Gasteiger partial charge in [-0.3, -0.25) is 0 Å². The van der Waals surface area contributed by atoms with Crippen molar-refractivity contribution in [3.05, 3.63) is 120 Å². The van der Waals surface area contributed by atoms with Crippen LogP contribution < -0.4 is 0 Å². The largest absolute Gasteiger partial charge is 0.493 e. The van der Waals surface area contributed by atoms with Gasteiger partial charge in [-0.1, -0.05) is 91.0 Å². The summed E-state index contributed by atoms with van der Waals surface area (Å²) >= 11 is 0. The van der Waals surface area contributed by atoms with Crippen LogP contribution in [0.2, 0.25) is 0 Å². The summed E-state index contributed by atoms with van der Waals surface area (Å²) in [4.78, 5) is 0. The van der Waals surface area contributed by atoms with E-state index in [2.05, 4.69) is 36.4 Å². The fraction of sp³-hybridized carbons (Fsp3) is 0.259. The predicted molar refractivity (Wildman–Crippen MR) is 120 cm³/mol. The maximum atomic E-state index is 6.30. The van der Waals surface area contributed by atoms with E-state index in [1.807, 2.05) is 60.7 Å². The van der Waals surface area contributed by atoms with Crippen LogP contribution >= 0.6 is 0 Å². The SMILES string of the molecule is C1=C[C@H](OCc2ccccc2)[C@@H](OCc2ccccc2)[C@@H](COCc2ccccc2)O1. The topological polar surface area (TPSA) is 36.9 Å². The first-order valence-corrected chi connectivity index (χ1v) is 10.6. The van der Waals surface area contributed by atoms with Crippen LogP contribution in [0.5, 0.6) is 0 Å². The number of hydrogen-bond acceptors (Lipinski definition) is 4. The molecule has 0 N–H and O–H groups in total. The number of benzene rings is 3. The molecule has 3 aromatic carbocycles. The average Bonchev–Trinajstić information content (AvgIpc) is 2.84. The van der Waals surface area contributed by atoms with Gasteiger partial charge in [-0.25, -0.2) is 0 Å². The van der Waals surface area contributed by atoms with Crippen LogP contribution in [0.15, 0.2) is 103 Å². The molecule has 0 saturated heterocycles. The van der Waals surface area contributed by atoms with E-state index in [4.69, 9.17) is 18.9 Å². The molecule has 4 heteroatoms. The third-order valence-corrected chi connectivity index (χ3v) is 5.18. The summed E-state index contributed by atoms with van der Waals surface area (Å²) in [5.74, 6) is 0. The van der Waals surface area contributed by atoms with Gasteiger partial charge in [0.1, 0.15) is 18.3 Å². The second-order valence-corrected chi connectivity index (χ2v) is 7.53. The number of ether oxygens (including phenoxy) is 4. The second kappa shape index (κ2) is 11.5. The molecule has 0 aromatic heterocycles. The van der Waals surface area contributed by atoms with Crippen molar-refractivity contribution in [3.8, 4) is 0 Å². The van der Waals surface area contributed by atoms with Gasteiger partial charge in [0, 0.05) is 0 Å². The Bertz CT molecular complexity index is 912. The van der Waals surface area contributed by atoms with Crippen molar-refractivity contribution in [1.82, 2.24) is 0 Å². The maximum absolute atomic E-state index is 6.30. The summed E-state index contributed by atoms with van der Waals surface area (Å²) in [6, 6.07) is 30.4. The zero-order chi connectivity index (χ0) is 21.1. The monoisotopic (exact) mass is 416 g/mol. The molecule has 160 valence electrons. The van der Waals surface area contributed by atoms with E-state index in [1.165, 1.54) is 0 Å². The van der Waals surface area contributed by atoms with Gasteiger partial charge in [0.15, 0.2) is 0 Å². The number of hydrogen-bond donors (Lipinski definition) is 0. The Kier molecular flexibility index (Phi) is 7.88. The van der Waals surface area contributed by atoms with Crippen molar-refractivity contribution in [2.24, 2.45) is 0 Å². The van der Waals surface area contributed by atoms with E-state index in [1.54, 1.807) is 6.26 Å². The molecular weight excluding hydrogens is 388 g/mol. The minimum atomic E-state index is -0.273. The zero-order valence-electron chi connectivity index (χ0n) is 17.5. The third kappa shape index (κ3) is 6.53. The fourth-order valence-electron chi connectivity index (χ4n) is 3.51. The summed E-state index contributed by atoms with van der Waals surface area (Å²) in [6.07, 6.45) is 2.88. The Hall–Kier alpha value is -2.92. The van der Waals surface area contributed by atoms with E-state index in [0.29, 0.717) is 26.4 Å². The van der Waals surface area contributed by atoms with Gasteiger partial charge in [0.25, 0.3) is 0 Å². The Morgan fingerprint density at radius 2 is 1.13 bits per heavy atom. The van der Waals surface area contributed by atoms with E-state index in [0.717, 1.165) is 16.7 Å². The molecule has 31 heavy (non-hydrogen) atoms. The highest BCUT2D eigenvalue weighted by Crippen LogP contribution is 2.22. The molecule has 0 amide bonds. The Balaban J connectivity index is 1.39. The Morgan fingerprint density at radius 1 is 0.613 bits per heavy atom. The van der Waals surface area contributed by atoms with Crippen LogP contribution in [0.4, 0.5) is 0 Å². The second-order valence-electron chi connectivity index (χ2n) is 7.53. The van der Waals surface area contributed by atoms with Gasteiger partial charge in [-0.15, -0.1) is 0 Å². The molecule has 1 aliphatic rings. The molecule has 3 atom stereocenters. The van der Waals surface area contributed by atoms with Gasteiger partial charge in [0.2, 0.25) is 0 Å². The van der Waals surface area contributed by atoms with Gasteiger partial charge in [-0.2, -0.15) is 0 Å². The minimum absolute atomic E-state index is 0.219. The Labute approximate surface area is 184 Å². The van der Waals surface area contributed by atoms with Gasteiger partial charge < -0.3 is 18.9 Å². The van der Waals surface area contributed by atoms with Crippen molar-refractivity contribution in [2.75, 3.05) is 6.61 Å². The average molecular weight is 417 g/mol. The first-order chi connectivity index (χ1) is 15.4. The van der Waals surface area contributed by atoms with Crippen LogP contribution in [0, 0.1) is 0 Å².